The van der Waals surface area contributed by atoms with Gasteiger partial charge in [-0.3, -0.25) is 4.79 Å². The molecule has 2 heterocycles. The Hall–Kier alpha value is -1.79. The maximum Gasteiger partial charge on any atom is 0.224 e. The third-order valence-corrected chi connectivity index (χ3v) is 5.71. The Labute approximate surface area is 162 Å². The van der Waals surface area contributed by atoms with Gasteiger partial charge in [-0.15, -0.1) is 0 Å². The van der Waals surface area contributed by atoms with Gasteiger partial charge in [0.2, 0.25) is 5.91 Å². The molecule has 3 rings (SSSR count). The summed E-state index contributed by atoms with van der Waals surface area (Å²) in [5.41, 5.74) is 0.692. The van der Waals surface area contributed by atoms with Crippen molar-refractivity contribution in [2.75, 3.05) is 52.4 Å². The minimum atomic E-state index is 0.0454. The summed E-state index contributed by atoms with van der Waals surface area (Å²) in [6.45, 7) is 5.32. The highest BCUT2D eigenvalue weighted by molar-refractivity contribution is 5.92. The minimum absolute atomic E-state index is 0.0454. The van der Waals surface area contributed by atoms with E-state index in [1.54, 1.807) is 20.3 Å². The molecule has 2 aliphatic heterocycles. The van der Waals surface area contributed by atoms with Crippen LogP contribution >= 0.6 is 0 Å². The summed E-state index contributed by atoms with van der Waals surface area (Å²) in [6.07, 6.45) is 5.08. The highest BCUT2D eigenvalue weighted by Crippen LogP contribution is 2.30. The first kappa shape index (κ1) is 20.0. The molecule has 2 fully saturated rings. The van der Waals surface area contributed by atoms with Gasteiger partial charge in [0.05, 0.1) is 26.5 Å². The van der Waals surface area contributed by atoms with Crippen LogP contribution in [0.1, 0.15) is 32.1 Å². The Morgan fingerprint density at radius 2 is 2.00 bits per heavy atom. The van der Waals surface area contributed by atoms with Gasteiger partial charge in [0, 0.05) is 25.6 Å². The number of methoxy groups -OCH3 is 2. The Kier molecular flexibility index (Phi) is 7.35. The van der Waals surface area contributed by atoms with E-state index < -0.39 is 0 Å². The van der Waals surface area contributed by atoms with Crippen LogP contribution in [0.2, 0.25) is 0 Å². The third-order valence-electron chi connectivity index (χ3n) is 5.71. The third kappa shape index (κ3) is 5.84. The van der Waals surface area contributed by atoms with Gasteiger partial charge in [-0.2, -0.15) is 0 Å². The zero-order chi connectivity index (χ0) is 19.1. The van der Waals surface area contributed by atoms with E-state index in [0.717, 1.165) is 32.7 Å². The van der Waals surface area contributed by atoms with E-state index in [2.05, 4.69) is 10.2 Å². The minimum Gasteiger partial charge on any atom is -0.497 e. The lowest BCUT2D eigenvalue weighted by atomic mass is 9.91. The van der Waals surface area contributed by atoms with Crippen LogP contribution in [0.5, 0.6) is 11.5 Å². The van der Waals surface area contributed by atoms with Crippen LogP contribution in [0.3, 0.4) is 0 Å². The van der Waals surface area contributed by atoms with Gasteiger partial charge < -0.3 is 24.4 Å². The number of carbonyl (C=O) groups excluding carboxylic acids is 1. The van der Waals surface area contributed by atoms with Gasteiger partial charge in [-0.25, -0.2) is 0 Å². The molecule has 1 amide bonds. The predicted molar refractivity (Wildman–Crippen MR) is 105 cm³/mol. The molecule has 27 heavy (non-hydrogen) atoms. The number of hydrogen-bond donors (Lipinski definition) is 1. The molecular weight excluding hydrogens is 344 g/mol. The van der Waals surface area contributed by atoms with Gasteiger partial charge in [-0.1, -0.05) is 0 Å². The van der Waals surface area contributed by atoms with Crippen molar-refractivity contribution in [3.8, 4) is 11.5 Å². The highest BCUT2D eigenvalue weighted by Gasteiger charge is 2.24. The number of nitrogens with zero attached hydrogens (tertiary/aromatic N) is 1. The van der Waals surface area contributed by atoms with E-state index in [1.807, 2.05) is 12.1 Å². The van der Waals surface area contributed by atoms with Gasteiger partial charge in [0.1, 0.15) is 11.5 Å². The summed E-state index contributed by atoms with van der Waals surface area (Å²) in [7, 11) is 3.20. The van der Waals surface area contributed by atoms with E-state index in [0.29, 0.717) is 35.4 Å². The average molecular weight is 376 g/mol. The van der Waals surface area contributed by atoms with Crippen molar-refractivity contribution in [3.63, 3.8) is 0 Å². The lowest BCUT2D eigenvalue weighted by Gasteiger charge is -2.33. The Balaban J connectivity index is 1.38. The number of carbonyl (C=O) groups is 1. The first-order valence-corrected chi connectivity index (χ1v) is 10.00. The molecule has 6 heteroatoms. The fraction of sp³-hybridized carbons (Fsp3) is 0.667. The van der Waals surface area contributed by atoms with E-state index in [1.165, 1.54) is 25.8 Å². The molecule has 0 radical (unpaired) electrons. The summed E-state index contributed by atoms with van der Waals surface area (Å²) in [6, 6.07) is 5.42. The van der Waals surface area contributed by atoms with E-state index in [4.69, 9.17) is 14.2 Å². The largest absolute Gasteiger partial charge is 0.497 e. The number of likely N-dealkylation sites (tertiary alicyclic amines) is 1. The Morgan fingerprint density at radius 1 is 1.19 bits per heavy atom. The van der Waals surface area contributed by atoms with E-state index in [-0.39, 0.29) is 5.91 Å². The molecule has 0 aliphatic carbocycles. The maximum absolute atomic E-state index is 12.3. The molecule has 1 atom stereocenters. The zero-order valence-corrected chi connectivity index (χ0v) is 16.5. The summed E-state index contributed by atoms with van der Waals surface area (Å²) >= 11 is 0. The fourth-order valence-corrected chi connectivity index (χ4v) is 4.00. The van der Waals surface area contributed by atoms with E-state index >= 15 is 0 Å². The fourth-order valence-electron chi connectivity index (χ4n) is 4.00. The Morgan fingerprint density at radius 3 is 2.67 bits per heavy atom. The quantitative estimate of drug-likeness (QED) is 0.755. The lowest BCUT2D eigenvalue weighted by molar-refractivity contribution is -0.116. The van der Waals surface area contributed by atoms with Gasteiger partial charge >= 0.3 is 0 Å². The van der Waals surface area contributed by atoms with Crippen LogP contribution < -0.4 is 14.8 Å². The first-order chi connectivity index (χ1) is 13.2. The number of rotatable bonds is 8. The molecule has 0 saturated carbocycles. The molecule has 0 unspecified atom stereocenters. The number of benzene rings is 1. The summed E-state index contributed by atoms with van der Waals surface area (Å²) in [5.74, 6) is 2.73. The van der Waals surface area contributed by atoms with Crippen molar-refractivity contribution in [1.82, 2.24) is 4.90 Å². The molecule has 1 aromatic carbocycles. The number of piperidine rings is 1. The van der Waals surface area contributed by atoms with Crippen molar-refractivity contribution in [2.24, 2.45) is 11.8 Å². The molecule has 2 aliphatic rings. The number of anilines is 1. The number of nitrogens with one attached hydrogen (secondary N) is 1. The average Bonchev–Trinajstić information content (AvgIpc) is 3.21. The molecule has 1 N–H and O–H groups in total. The first-order valence-electron chi connectivity index (χ1n) is 10.00. The molecule has 6 nitrogen and oxygen atoms in total. The Bertz CT molecular complexity index is 608. The zero-order valence-electron chi connectivity index (χ0n) is 16.5. The van der Waals surface area contributed by atoms with Crippen molar-refractivity contribution in [1.29, 1.82) is 0 Å². The van der Waals surface area contributed by atoms with Gasteiger partial charge in [0.15, 0.2) is 0 Å². The van der Waals surface area contributed by atoms with E-state index in [9.17, 15) is 4.79 Å². The maximum atomic E-state index is 12.3. The molecule has 150 valence electrons. The SMILES string of the molecule is COc1ccc(NC(=O)CCC2CCN(C[C@H]3CCOC3)CC2)c(OC)c1. The van der Waals surface area contributed by atoms with Crippen LogP contribution in [-0.2, 0) is 9.53 Å². The number of ether oxygens (including phenoxy) is 3. The normalized spacial score (nSPS) is 21.2. The topological polar surface area (TPSA) is 60.0 Å². The van der Waals surface area contributed by atoms with Gasteiger partial charge in [-0.05, 0) is 62.7 Å². The van der Waals surface area contributed by atoms with Crippen molar-refractivity contribution >= 4 is 11.6 Å². The molecule has 1 aromatic rings. The van der Waals surface area contributed by atoms with Crippen LogP contribution in [0.4, 0.5) is 5.69 Å². The monoisotopic (exact) mass is 376 g/mol. The van der Waals surface area contributed by atoms with Crippen LogP contribution in [0, 0.1) is 11.8 Å². The second kappa shape index (κ2) is 9.95. The number of amides is 1. The van der Waals surface area contributed by atoms with Crippen molar-refractivity contribution in [3.05, 3.63) is 18.2 Å². The molecule has 0 aromatic heterocycles. The molecular formula is C21H32N2O4. The molecule has 0 bridgehead atoms. The van der Waals surface area contributed by atoms with Crippen molar-refractivity contribution in [2.45, 2.75) is 32.1 Å². The van der Waals surface area contributed by atoms with Crippen LogP contribution in [-0.4, -0.2) is 57.9 Å². The summed E-state index contributed by atoms with van der Waals surface area (Å²) in [4.78, 5) is 14.9. The van der Waals surface area contributed by atoms with Crippen molar-refractivity contribution < 1.29 is 19.0 Å². The highest BCUT2D eigenvalue weighted by atomic mass is 16.5. The molecule has 2 saturated heterocycles. The summed E-state index contributed by atoms with van der Waals surface area (Å²) in [5, 5.41) is 2.97. The standard InChI is InChI=1S/C21H32N2O4/c1-25-18-4-5-19(20(13-18)26-2)22-21(24)6-3-16-7-10-23(11-8-16)14-17-9-12-27-15-17/h4-5,13,16-17H,3,6-12,14-15H2,1-2H3,(H,22,24)/t17-/m1/s1. The predicted octanol–water partition coefficient (Wildman–Crippen LogP) is 3.17. The molecule has 0 spiro atoms. The van der Waals surface area contributed by atoms with Crippen LogP contribution in [0.15, 0.2) is 18.2 Å². The van der Waals surface area contributed by atoms with Crippen LogP contribution in [0.25, 0.3) is 0 Å². The smallest absolute Gasteiger partial charge is 0.224 e. The summed E-state index contributed by atoms with van der Waals surface area (Å²) < 4.78 is 16.0. The second-order valence-electron chi connectivity index (χ2n) is 7.63. The van der Waals surface area contributed by atoms with Gasteiger partial charge in [0.25, 0.3) is 0 Å². The second-order valence-corrected chi connectivity index (χ2v) is 7.63. The number of hydrogen-bond acceptors (Lipinski definition) is 5. The lowest BCUT2D eigenvalue weighted by Crippen LogP contribution is -2.37.